The van der Waals surface area contributed by atoms with Crippen molar-refractivity contribution in [2.75, 3.05) is 6.61 Å². The highest BCUT2D eigenvalue weighted by Gasteiger charge is 2.22. The normalized spacial score (nSPS) is 19.4. The quantitative estimate of drug-likeness (QED) is 0.659. The molecule has 2 nitrogen and oxygen atoms in total. The Bertz CT molecular complexity index is 100. The standard InChI is InChI=1S/C7H14Cl2O2/c1-2-5(8)7(11)6(9)3-4-10/h5-7,10-11H,2-4H2,1H3. The Morgan fingerprint density at radius 2 is 1.82 bits per heavy atom. The molecule has 4 heteroatoms. The van der Waals surface area contributed by atoms with Crippen LogP contribution in [-0.2, 0) is 0 Å². The fourth-order valence-electron chi connectivity index (χ4n) is 0.762. The van der Waals surface area contributed by atoms with Gasteiger partial charge in [0.15, 0.2) is 0 Å². The minimum Gasteiger partial charge on any atom is -0.396 e. The van der Waals surface area contributed by atoms with Gasteiger partial charge in [0, 0.05) is 6.61 Å². The van der Waals surface area contributed by atoms with Crippen LogP contribution in [0.3, 0.4) is 0 Å². The Morgan fingerprint density at radius 3 is 2.18 bits per heavy atom. The number of hydrogen-bond acceptors (Lipinski definition) is 2. The van der Waals surface area contributed by atoms with Gasteiger partial charge in [-0.15, -0.1) is 23.2 Å². The number of hydrogen-bond donors (Lipinski definition) is 2. The molecule has 2 N–H and O–H groups in total. The fraction of sp³-hybridized carbons (Fsp3) is 1.00. The summed E-state index contributed by atoms with van der Waals surface area (Å²) in [5, 5.41) is 17.1. The van der Waals surface area contributed by atoms with Crippen molar-refractivity contribution in [3.8, 4) is 0 Å². The molecular formula is C7H14Cl2O2. The Morgan fingerprint density at radius 1 is 1.27 bits per heavy atom. The second-order valence-electron chi connectivity index (χ2n) is 2.44. The van der Waals surface area contributed by atoms with E-state index in [2.05, 4.69) is 0 Å². The highest BCUT2D eigenvalue weighted by atomic mass is 35.5. The van der Waals surface area contributed by atoms with E-state index < -0.39 is 11.5 Å². The maximum absolute atomic E-state index is 9.34. The molecule has 0 aromatic rings. The number of alkyl halides is 2. The minimum absolute atomic E-state index is 0.0153. The van der Waals surface area contributed by atoms with Crippen molar-refractivity contribution >= 4 is 23.2 Å². The van der Waals surface area contributed by atoms with E-state index in [1.54, 1.807) is 0 Å². The van der Waals surface area contributed by atoms with Crippen molar-refractivity contribution in [3.63, 3.8) is 0 Å². The number of halogens is 2. The molecule has 0 aliphatic heterocycles. The van der Waals surface area contributed by atoms with Crippen LogP contribution >= 0.6 is 23.2 Å². The summed E-state index contributed by atoms with van der Waals surface area (Å²) in [4.78, 5) is 0. The molecule has 0 heterocycles. The van der Waals surface area contributed by atoms with E-state index in [4.69, 9.17) is 28.3 Å². The molecule has 0 amide bonds. The zero-order chi connectivity index (χ0) is 8.85. The van der Waals surface area contributed by atoms with Crippen molar-refractivity contribution in [2.45, 2.75) is 36.6 Å². The molecule has 11 heavy (non-hydrogen) atoms. The summed E-state index contributed by atoms with van der Waals surface area (Å²) >= 11 is 11.4. The van der Waals surface area contributed by atoms with Crippen LogP contribution in [0.2, 0.25) is 0 Å². The number of aliphatic hydroxyl groups excluding tert-OH is 2. The van der Waals surface area contributed by atoms with Crippen LogP contribution in [0.15, 0.2) is 0 Å². The Balaban J connectivity index is 3.70. The number of aliphatic hydroxyl groups is 2. The lowest BCUT2D eigenvalue weighted by Gasteiger charge is -2.19. The van der Waals surface area contributed by atoms with Crippen molar-refractivity contribution < 1.29 is 10.2 Å². The van der Waals surface area contributed by atoms with Gasteiger partial charge in [0.2, 0.25) is 0 Å². The number of rotatable bonds is 5. The lowest BCUT2D eigenvalue weighted by atomic mass is 10.1. The monoisotopic (exact) mass is 200 g/mol. The predicted molar refractivity (Wildman–Crippen MR) is 47.3 cm³/mol. The lowest BCUT2D eigenvalue weighted by Crippen LogP contribution is -2.30. The second-order valence-corrected chi connectivity index (χ2v) is 3.56. The Hall–Kier alpha value is 0.500. The summed E-state index contributed by atoms with van der Waals surface area (Å²) < 4.78 is 0. The third-order valence-electron chi connectivity index (χ3n) is 1.54. The molecule has 0 spiro atoms. The smallest absolute Gasteiger partial charge is 0.0867 e. The first-order chi connectivity index (χ1) is 5.13. The first kappa shape index (κ1) is 11.5. The second kappa shape index (κ2) is 6.06. The SMILES string of the molecule is CCC(Cl)C(O)C(Cl)CCO. The summed E-state index contributed by atoms with van der Waals surface area (Å²) in [6, 6.07) is 0. The van der Waals surface area contributed by atoms with Gasteiger partial charge in [0.05, 0.1) is 16.9 Å². The van der Waals surface area contributed by atoms with Gasteiger partial charge in [-0.05, 0) is 12.8 Å². The summed E-state index contributed by atoms with van der Waals surface area (Å²) in [6.45, 7) is 1.86. The molecule has 68 valence electrons. The van der Waals surface area contributed by atoms with Gasteiger partial charge in [-0.25, -0.2) is 0 Å². The molecular weight excluding hydrogens is 187 g/mol. The summed E-state index contributed by atoms with van der Waals surface area (Å²) in [7, 11) is 0. The Labute approximate surface area is 77.1 Å². The summed E-state index contributed by atoms with van der Waals surface area (Å²) in [6.07, 6.45) is 0.332. The molecule has 0 rings (SSSR count). The van der Waals surface area contributed by atoms with Gasteiger partial charge in [-0.1, -0.05) is 6.92 Å². The lowest BCUT2D eigenvalue weighted by molar-refractivity contribution is 0.147. The average molecular weight is 201 g/mol. The van der Waals surface area contributed by atoms with E-state index in [9.17, 15) is 5.11 Å². The van der Waals surface area contributed by atoms with Crippen LogP contribution in [-0.4, -0.2) is 33.7 Å². The van der Waals surface area contributed by atoms with E-state index in [1.165, 1.54) is 0 Å². The topological polar surface area (TPSA) is 40.5 Å². The average Bonchev–Trinajstić information content (AvgIpc) is 2.02. The van der Waals surface area contributed by atoms with Crippen LogP contribution < -0.4 is 0 Å². The van der Waals surface area contributed by atoms with Gasteiger partial charge >= 0.3 is 0 Å². The fourth-order valence-corrected chi connectivity index (χ4v) is 1.29. The van der Waals surface area contributed by atoms with E-state index in [1.807, 2.05) is 6.92 Å². The van der Waals surface area contributed by atoms with Crippen molar-refractivity contribution in [1.29, 1.82) is 0 Å². The van der Waals surface area contributed by atoms with E-state index in [0.29, 0.717) is 12.8 Å². The van der Waals surface area contributed by atoms with Gasteiger partial charge in [0.1, 0.15) is 0 Å². The zero-order valence-electron chi connectivity index (χ0n) is 6.50. The molecule has 0 aliphatic rings. The first-order valence-corrected chi connectivity index (χ1v) is 4.57. The molecule has 0 aromatic carbocycles. The molecule has 3 atom stereocenters. The van der Waals surface area contributed by atoms with E-state index in [-0.39, 0.29) is 12.0 Å². The molecule has 0 saturated heterocycles. The molecule has 3 unspecified atom stereocenters. The largest absolute Gasteiger partial charge is 0.396 e. The van der Waals surface area contributed by atoms with Crippen LogP contribution in [0.25, 0.3) is 0 Å². The van der Waals surface area contributed by atoms with Crippen molar-refractivity contribution in [2.24, 2.45) is 0 Å². The highest BCUT2D eigenvalue weighted by Crippen LogP contribution is 2.17. The molecule has 0 saturated carbocycles. The van der Waals surface area contributed by atoms with Crippen molar-refractivity contribution in [1.82, 2.24) is 0 Å². The van der Waals surface area contributed by atoms with Gasteiger partial charge in [0.25, 0.3) is 0 Å². The molecule has 0 aromatic heterocycles. The maximum Gasteiger partial charge on any atom is 0.0867 e. The molecule has 0 aliphatic carbocycles. The minimum atomic E-state index is -0.726. The predicted octanol–water partition coefficient (Wildman–Crippen LogP) is 1.35. The third-order valence-corrected chi connectivity index (χ3v) is 2.58. The van der Waals surface area contributed by atoms with Gasteiger partial charge in [-0.3, -0.25) is 0 Å². The first-order valence-electron chi connectivity index (χ1n) is 3.70. The zero-order valence-corrected chi connectivity index (χ0v) is 8.02. The molecule has 0 bridgehead atoms. The van der Waals surface area contributed by atoms with Crippen molar-refractivity contribution in [3.05, 3.63) is 0 Å². The molecule has 0 fully saturated rings. The van der Waals surface area contributed by atoms with Crippen LogP contribution in [0.4, 0.5) is 0 Å². The highest BCUT2D eigenvalue weighted by molar-refractivity contribution is 6.24. The maximum atomic E-state index is 9.34. The summed E-state index contributed by atoms with van der Waals surface area (Å²) in [5.41, 5.74) is 0. The van der Waals surface area contributed by atoms with Crippen LogP contribution in [0.1, 0.15) is 19.8 Å². The third kappa shape index (κ3) is 4.16. The van der Waals surface area contributed by atoms with Crippen LogP contribution in [0, 0.1) is 0 Å². The van der Waals surface area contributed by atoms with Gasteiger partial charge < -0.3 is 10.2 Å². The van der Waals surface area contributed by atoms with E-state index in [0.717, 1.165) is 0 Å². The van der Waals surface area contributed by atoms with E-state index >= 15 is 0 Å². The molecule has 0 radical (unpaired) electrons. The van der Waals surface area contributed by atoms with Crippen LogP contribution in [0.5, 0.6) is 0 Å². The Kier molecular flexibility index (Phi) is 6.34. The van der Waals surface area contributed by atoms with Gasteiger partial charge in [-0.2, -0.15) is 0 Å². The summed E-state index contributed by atoms with van der Waals surface area (Å²) in [5.74, 6) is 0.